The van der Waals surface area contributed by atoms with E-state index in [4.69, 9.17) is 24.6 Å². The second-order valence-electron chi connectivity index (χ2n) is 9.31. The van der Waals surface area contributed by atoms with Crippen molar-refractivity contribution < 1.29 is 32.6 Å². The second kappa shape index (κ2) is 13.2. The molecule has 0 bridgehead atoms. The second-order valence-corrected chi connectivity index (χ2v) is 9.31. The third-order valence-corrected chi connectivity index (χ3v) is 6.23. The molecule has 9 nitrogen and oxygen atoms in total. The number of nitrogens with one attached hydrogen (secondary N) is 2. The van der Waals surface area contributed by atoms with Crippen LogP contribution in [0.3, 0.4) is 0 Å². The van der Waals surface area contributed by atoms with Crippen molar-refractivity contribution in [2.45, 2.75) is 50.0 Å². The summed E-state index contributed by atoms with van der Waals surface area (Å²) >= 11 is 0. The molecule has 12 heteroatoms. The maximum atomic E-state index is 12.8. The molecule has 0 saturated heterocycles. The monoisotopic (exact) mass is 547 g/mol. The lowest BCUT2D eigenvalue weighted by molar-refractivity contribution is -0.192. The summed E-state index contributed by atoms with van der Waals surface area (Å²) in [6, 6.07) is 18.1. The smallest absolute Gasteiger partial charge is 0.475 e. The largest absolute Gasteiger partial charge is 0.490 e. The third kappa shape index (κ3) is 8.28. The number of anilines is 2. The number of para-hydroxylation sites is 1. The summed E-state index contributed by atoms with van der Waals surface area (Å²) in [5.41, 5.74) is 1.80. The number of rotatable bonds is 7. The van der Waals surface area contributed by atoms with E-state index in [0.717, 1.165) is 48.0 Å². The summed E-state index contributed by atoms with van der Waals surface area (Å²) in [4.78, 5) is 33.1. The van der Waals surface area contributed by atoms with Gasteiger partial charge in [0.15, 0.2) is 6.10 Å². The van der Waals surface area contributed by atoms with E-state index in [9.17, 15) is 18.0 Å². The van der Waals surface area contributed by atoms with Gasteiger partial charge in [-0.05, 0) is 43.4 Å². The van der Waals surface area contributed by atoms with Crippen molar-refractivity contribution in [1.82, 2.24) is 15.3 Å². The normalized spacial score (nSPS) is 17.9. The summed E-state index contributed by atoms with van der Waals surface area (Å²) < 4.78 is 37.2. The van der Waals surface area contributed by atoms with E-state index in [2.05, 4.69) is 10.6 Å². The predicted octanol–water partition coefficient (Wildman–Crippen LogP) is 4.56. The van der Waals surface area contributed by atoms with Crippen LogP contribution < -0.4 is 15.5 Å². The summed E-state index contributed by atoms with van der Waals surface area (Å²) in [7, 11) is 5.56. The molecule has 1 amide bonds. The Bertz CT molecular complexity index is 1250. The lowest BCUT2D eigenvalue weighted by Gasteiger charge is -2.31. The average molecular weight is 548 g/mol. The first-order chi connectivity index (χ1) is 18.5. The Kier molecular flexibility index (Phi) is 10.0. The van der Waals surface area contributed by atoms with Gasteiger partial charge in [-0.15, -0.1) is 0 Å². The fourth-order valence-electron chi connectivity index (χ4n) is 4.33. The summed E-state index contributed by atoms with van der Waals surface area (Å²) in [5, 5.41) is 14.9. The Morgan fingerprint density at radius 1 is 0.974 bits per heavy atom. The molecule has 1 aliphatic rings. The van der Waals surface area contributed by atoms with Gasteiger partial charge in [-0.25, -0.2) is 9.78 Å². The van der Waals surface area contributed by atoms with E-state index in [1.165, 1.54) is 0 Å². The number of ether oxygens (including phenoxy) is 1. The van der Waals surface area contributed by atoms with Gasteiger partial charge in [-0.1, -0.05) is 42.5 Å². The average Bonchev–Trinajstić information content (AvgIpc) is 2.90. The molecule has 39 heavy (non-hydrogen) atoms. The molecule has 4 rings (SSSR count). The van der Waals surface area contributed by atoms with E-state index >= 15 is 0 Å². The summed E-state index contributed by atoms with van der Waals surface area (Å²) in [6.45, 7) is 0. The van der Waals surface area contributed by atoms with E-state index in [1.54, 1.807) is 7.11 Å². The van der Waals surface area contributed by atoms with Crippen molar-refractivity contribution in [2.24, 2.45) is 0 Å². The number of carbonyl (C=O) groups is 2. The molecular weight excluding hydrogens is 515 g/mol. The van der Waals surface area contributed by atoms with Crippen LogP contribution >= 0.6 is 0 Å². The lowest BCUT2D eigenvalue weighted by atomic mass is 9.91. The highest BCUT2D eigenvalue weighted by molar-refractivity contribution is 5.90. The molecule has 1 aliphatic carbocycles. The number of halogens is 3. The maximum absolute atomic E-state index is 12.8. The molecule has 3 N–H and O–H groups in total. The molecule has 3 aromatic rings. The van der Waals surface area contributed by atoms with Crippen molar-refractivity contribution in [3.8, 4) is 0 Å². The zero-order chi connectivity index (χ0) is 28.6. The number of aliphatic carboxylic acids is 1. The van der Waals surface area contributed by atoms with Gasteiger partial charge in [0.05, 0.1) is 5.52 Å². The van der Waals surface area contributed by atoms with Crippen LogP contribution in [0, 0.1) is 0 Å². The lowest BCUT2D eigenvalue weighted by Crippen LogP contribution is -2.42. The minimum atomic E-state index is -5.08. The molecule has 1 unspecified atom stereocenters. The van der Waals surface area contributed by atoms with E-state index < -0.39 is 18.2 Å². The minimum absolute atomic E-state index is 0.0800. The number of benzene rings is 2. The number of aromatic nitrogens is 2. The number of methoxy groups -OCH3 is 1. The topological polar surface area (TPSA) is 117 Å². The van der Waals surface area contributed by atoms with Gasteiger partial charge in [-0.2, -0.15) is 18.2 Å². The van der Waals surface area contributed by atoms with Crippen molar-refractivity contribution in [3.05, 3.63) is 60.2 Å². The van der Waals surface area contributed by atoms with Crippen molar-refractivity contribution >= 4 is 34.5 Å². The van der Waals surface area contributed by atoms with Crippen LogP contribution in [0.4, 0.5) is 24.9 Å². The predicted molar refractivity (Wildman–Crippen MR) is 142 cm³/mol. The highest BCUT2D eigenvalue weighted by Crippen LogP contribution is 2.27. The first kappa shape index (κ1) is 29.6. The third-order valence-electron chi connectivity index (χ3n) is 6.23. The van der Waals surface area contributed by atoms with Crippen LogP contribution in [0.5, 0.6) is 0 Å². The van der Waals surface area contributed by atoms with Crippen molar-refractivity contribution in [2.75, 3.05) is 31.4 Å². The van der Waals surface area contributed by atoms with Crippen LogP contribution in [0.15, 0.2) is 54.6 Å². The van der Waals surface area contributed by atoms with E-state index in [0.29, 0.717) is 5.95 Å². The number of alkyl halides is 3. The molecule has 1 aromatic heterocycles. The van der Waals surface area contributed by atoms with Gasteiger partial charge in [0.1, 0.15) is 5.82 Å². The molecule has 0 aliphatic heterocycles. The van der Waals surface area contributed by atoms with Crippen LogP contribution in [0.2, 0.25) is 0 Å². The highest BCUT2D eigenvalue weighted by atomic mass is 19.4. The summed E-state index contributed by atoms with van der Waals surface area (Å²) in [6.07, 6.45) is -1.96. The fourth-order valence-corrected chi connectivity index (χ4v) is 4.33. The van der Waals surface area contributed by atoms with Gasteiger partial charge in [-0.3, -0.25) is 4.79 Å². The molecule has 2 aromatic carbocycles. The van der Waals surface area contributed by atoms with Crippen molar-refractivity contribution in [1.29, 1.82) is 0 Å². The molecule has 0 radical (unpaired) electrons. The van der Waals surface area contributed by atoms with Crippen LogP contribution in [0.1, 0.15) is 37.4 Å². The number of nitrogens with zero attached hydrogens (tertiary/aromatic N) is 3. The number of carbonyl (C=O) groups excluding carboxylic acids is 1. The quantitative estimate of drug-likeness (QED) is 0.394. The number of hydrogen-bond donors (Lipinski definition) is 3. The van der Waals surface area contributed by atoms with Crippen LogP contribution in [-0.2, 0) is 14.3 Å². The summed E-state index contributed by atoms with van der Waals surface area (Å²) in [5.74, 6) is -1.27. The number of hydrogen-bond acceptors (Lipinski definition) is 7. The number of carboxylic acids is 1. The van der Waals surface area contributed by atoms with Crippen LogP contribution in [-0.4, -0.2) is 66.4 Å². The minimum Gasteiger partial charge on any atom is -0.475 e. The standard InChI is InChI=1S/C25H31N5O2.C2HF3O2/c1-30(2)23-20-11-7-8-12-21(20)28-25(29-23)27-19-15-13-18(14-16-19)26-24(31)22(32-3)17-9-5-4-6-10-17;3-2(4,5)1(6)7/h4-12,18-19,22H,13-16H2,1-3H3,(H,26,31)(H,27,28,29);(H,6,7). The number of amides is 1. The van der Waals surface area contributed by atoms with E-state index in [-0.39, 0.29) is 18.0 Å². The van der Waals surface area contributed by atoms with Gasteiger partial charge >= 0.3 is 12.1 Å². The zero-order valence-electron chi connectivity index (χ0n) is 21.9. The van der Waals surface area contributed by atoms with Gasteiger partial charge < -0.3 is 25.4 Å². The first-order valence-corrected chi connectivity index (χ1v) is 12.4. The van der Waals surface area contributed by atoms with Gasteiger partial charge in [0.2, 0.25) is 5.95 Å². The molecular formula is C27H32F3N5O4. The zero-order valence-corrected chi connectivity index (χ0v) is 21.9. The van der Waals surface area contributed by atoms with Gasteiger partial charge in [0, 0.05) is 38.7 Å². The molecule has 1 heterocycles. The number of fused-ring (bicyclic) bond motifs is 1. The maximum Gasteiger partial charge on any atom is 0.490 e. The Balaban J connectivity index is 0.000000532. The van der Waals surface area contributed by atoms with Crippen molar-refractivity contribution in [3.63, 3.8) is 0 Å². The van der Waals surface area contributed by atoms with Crippen LogP contribution in [0.25, 0.3) is 10.9 Å². The molecule has 1 saturated carbocycles. The fraction of sp³-hybridized carbons (Fsp3) is 0.407. The Labute approximate surface area is 224 Å². The Morgan fingerprint density at radius 2 is 1.54 bits per heavy atom. The first-order valence-electron chi connectivity index (χ1n) is 12.4. The molecule has 1 fully saturated rings. The Hall–Kier alpha value is -3.93. The van der Waals surface area contributed by atoms with E-state index in [1.807, 2.05) is 73.6 Å². The molecule has 0 spiro atoms. The SMILES string of the molecule is COC(C(=O)NC1CCC(Nc2nc(N(C)C)c3ccccc3n2)CC1)c1ccccc1.O=C(O)C(F)(F)F. The molecule has 210 valence electrons. The Morgan fingerprint density at radius 3 is 2.10 bits per heavy atom. The highest BCUT2D eigenvalue weighted by Gasteiger charge is 2.38. The molecule has 1 atom stereocenters. The van der Waals surface area contributed by atoms with Gasteiger partial charge in [0.25, 0.3) is 5.91 Å². The number of carboxylic acid groups (broad SMARTS) is 1.